The van der Waals surface area contributed by atoms with Crippen LogP contribution in [0.2, 0.25) is 0 Å². The van der Waals surface area contributed by atoms with Crippen molar-refractivity contribution in [3.63, 3.8) is 0 Å². The largest absolute Gasteiger partial charge is 0.387 e. The van der Waals surface area contributed by atoms with Gasteiger partial charge in [0.05, 0.1) is 6.10 Å². The summed E-state index contributed by atoms with van der Waals surface area (Å²) in [4.78, 5) is 2.34. The first kappa shape index (κ1) is 12.6. The quantitative estimate of drug-likeness (QED) is 0.830. The van der Waals surface area contributed by atoms with E-state index in [2.05, 4.69) is 11.8 Å². The monoisotopic (exact) mass is 234 g/mol. The van der Waals surface area contributed by atoms with Crippen molar-refractivity contribution in [2.24, 2.45) is 11.7 Å². The predicted molar refractivity (Wildman–Crippen MR) is 69.5 cm³/mol. The summed E-state index contributed by atoms with van der Waals surface area (Å²) < 4.78 is 0. The van der Waals surface area contributed by atoms with E-state index in [1.54, 1.807) is 0 Å². The first-order valence-electron chi connectivity index (χ1n) is 6.38. The standard InChI is InChI=1S/C14H22N2O/c1-11-6-7-16(9-11)10-14(17)13-4-2-12(8-15)3-5-13/h2-5,11,14,17H,6-10,15H2,1H3. The molecule has 1 aliphatic heterocycles. The van der Waals surface area contributed by atoms with Gasteiger partial charge in [0.1, 0.15) is 0 Å². The van der Waals surface area contributed by atoms with Gasteiger partial charge in [0, 0.05) is 19.6 Å². The summed E-state index contributed by atoms with van der Waals surface area (Å²) in [7, 11) is 0. The molecule has 1 aromatic rings. The minimum Gasteiger partial charge on any atom is -0.387 e. The van der Waals surface area contributed by atoms with E-state index in [9.17, 15) is 5.11 Å². The molecular formula is C14H22N2O. The van der Waals surface area contributed by atoms with E-state index < -0.39 is 0 Å². The number of aliphatic hydroxyl groups is 1. The van der Waals surface area contributed by atoms with Crippen LogP contribution in [0.15, 0.2) is 24.3 Å². The average Bonchev–Trinajstić information content (AvgIpc) is 2.75. The van der Waals surface area contributed by atoms with Crippen LogP contribution in [-0.2, 0) is 6.54 Å². The SMILES string of the molecule is CC1CCN(CC(O)c2ccc(CN)cc2)C1. The minimum absolute atomic E-state index is 0.382. The summed E-state index contributed by atoms with van der Waals surface area (Å²) in [5.74, 6) is 0.766. The number of β-amino-alcohol motifs (C(OH)–C–C–N with tert-alkyl or cyclic N) is 1. The summed E-state index contributed by atoms with van der Waals surface area (Å²) in [5.41, 5.74) is 7.65. The lowest BCUT2D eigenvalue weighted by molar-refractivity contribution is 0.124. The van der Waals surface area contributed by atoms with Gasteiger partial charge < -0.3 is 15.7 Å². The van der Waals surface area contributed by atoms with Gasteiger partial charge in [-0.05, 0) is 30.0 Å². The average molecular weight is 234 g/mol. The second-order valence-electron chi connectivity index (χ2n) is 5.11. The number of hydrogen-bond acceptors (Lipinski definition) is 3. The van der Waals surface area contributed by atoms with Crippen LogP contribution in [-0.4, -0.2) is 29.6 Å². The molecule has 1 saturated heterocycles. The van der Waals surface area contributed by atoms with Crippen LogP contribution in [0.4, 0.5) is 0 Å². The minimum atomic E-state index is -0.382. The molecule has 0 aromatic heterocycles. The Morgan fingerprint density at radius 2 is 2.12 bits per heavy atom. The molecule has 2 unspecified atom stereocenters. The third-order valence-corrected chi connectivity index (χ3v) is 3.54. The van der Waals surface area contributed by atoms with Crippen LogP contribution >= 0.6 is 0 Å². The van der Waals surface area contributed by atoms with Crippen molar-refractivity contribution in [1.29, 1.82) is 0 Å². The fourth-order valence-corrected chi connectivity index (χ4v) is 2.42. The lowest BCUT2D eigenvalue weighted by Gasteiger charge is -2.20. The van der Waals surface area contributed by atoms with Gasteiger partial charge in [-0.3, -0.25) is 0 Å². The van der Waals surface area contributed by atoms with Gasteiger partial charge in [-0.15, -0.1) is 0 Å². The van der Waals surface area contributed by atoms with Crippen LogP contribution < -0.4 is 5.73 Å². The highest BCUT2D eigenvalue weighted by Gasteiger charge is 2.21. The van der Waals surface area contributed by atoms with Crippen molar-refractivity contribution in [2.45, 2.75) is 26.0 Å². The first-order valence-corrected chi connectivity index (χ1v) is 6.38. The van der Waals surface area contributed by atoms with Crippen molar-refractivity contribution < 1.29 is 5.11 Å². The molecule has 0 radical (unpaired) electrons. The number of aliphatic hydroxyl groups excluding tert-OH is 1. The van der Waals surface area contributed by atoms with Crippen molar-refractivity contribution in [2.75, 3.05) is 19.6 Å². The maximum Gasteiger partial charge on any atom is 0.0916 e. The lowest BCUT2D eigenvalue weighted by Crippen LogP contribution is -2.26. The lowest BCUT2D eigenvalue weighted by atomic mass is 10.1. The van der Waals surface area contributed by atoms with Crippen molar-refractivity contribution in [3.8, 4) is 0 Å². The Balaban J connectivity index is 1.92. The number of nitrogens with two attached hydrogens (primary N) is 1. The van der Waals surface area contributed by atoms with Gasteiger partial charge >= 0.3 is 0 Å². The molecule has 3 nitrogen and oxygen atoms in total. The van der Waals surface area contributed by atoms with E-state index in [-0.39, 0.29) is 6.10 Å². The Bertz CT molecular complexity index is 350. The van der Waals surface area contributed by atoms with E-state index in [0.717, 1.165) is 36.7 Å². The predicted octanol–water partition coefficient (Wildman–Crippen LogP) is 1.52. The van der Waals surface area contributed by atoms with E-state index in [1.165, 1.54) is 6.42 Å². The first-order chi connectivity index (χ1) is 8.19. The molecule has 3 heteroatoms. The molecular weight excluding hydrogens is 212 g/mol. The molecule has 2 atom stereocenters. The van der Waals surface area contributed by atoms with E-state index >= 15 is 0 Å². The molecule has 0 saturated carbocycles. The van der Waals surface area contributed by atoms with Crippen molar-refractivity contribution in [1.82, 2.24) is 4.90 Å². The molecule has 0 aliphatic carbocycles. The highest BCUT2D eigenvalue weighted by Crippen LogP contribution is 2.20. The number of hydrogen-bond donors (Lipinski definition) is 2. The third kappa shape index (κ3) is 3.28. The molecule has 17 heavy (non-hydrogen) atoms. The van der Waals surface area contributed by atoms with Crippen LogP contribution in [0, 0.1) is 5.92 Å². The summed E-state index contributed by atoms with van der Waals surface area (Å²) in [6.45, 7) is 5.78. The van der Waals surface area contributed by atoms with Gasteiger partial charge in [0.25, 0.3) is 0 Å². The zero-order valence-electron chi connectivity index (χ0n) is 10.5. The maximum atomic E-state index is 10.2. The molecule has 1 aliphatic rings. The Labute approximate surface area is 103 Å². The maximum absolute atomic E-state index is 10.2. The molecule has 1 fully saturated rings. The molecule has 0 amide bonds. The molecule has 0 bridgehead atoms. The van der Waals surface area contributed by atoms with Crippen LogP contribution in [0.1, 0.15) is 30.6 Å². The van der Waals surface area contributed by atoms with Gasteiger partial charge in [-0.2, -0.15) is 0 Å². The highest BCUT2D eigenvalue weighted by atomic mass is 16.3. The van der Waals surface area contributed by atoms with Gasteiger partial charge in [-0.1, -0.05) is 31.2 Å². The number of rotatable bonds is 4. The van der Waals surface area contributed by atoms with E-state index in [4.69, 9.17) is 5.73 Å². The van der Waals surface area contributed by atoms with E-state index in [0.29, 0.717) is 6.54 Å². The van der Waals surface area contributed by atoms with Gasteiger partial charge in [-0.25, -0.2) is 0 Å². The number of benzene rings is 1. The summed E-state index contributed by atoms with van der Waals surface area (Å²) in [6.07, 6.45) is 0.867. The highest BCUT2D eigenvalue weighted by molar-refractivity contribution is 5.24. The van der Waals surface area contributed by atoms with Crippen LogP contribution in [0.3, 0.4) is 0 Å². The zero-order chi connectivity index (χ0) is 12.3. The van der Waals surface area contributed by atoms with Gasteiger partial charge in [0.15, 0.2) is 0 Å². The normalized spacial score (nSPS) is 22.9. The fraction of sp³-hybridized carbons (Fsp3) is 0.571. The molecule has 1 heterocycles. The smallest absolute Gasteiger partial charge is 0.0916 e. The van der Waals surface area contributed by atoms with Crippen LogP contribution in [0.5, 0.6) is 0 Å². The molecule has 94 valence electrons. The number of nitrogens with zero attached hydrogens (tertiary/aromatic N) is 1. The Kier molecular flexibility index (Phi) is 4.15. The Morgan fingerprint density at radius 1 is 1.41 bits per heavy atom. The van der Waals surface area contributed by atoms with Crippen LogP contribution in [0.25, 0.3) is 0 Å². The van der Waals surface area contributed by atoms with Gasteiger partial charge in [0.2, 0.25) is 0 Å². The fourth-order valence-electron chi connectivity index (χ4n) is 2.42. The summed E-state index contributed by atoms with van der Waals surface area (Å²) in [6, 6.07) is 7.94. The Hall–Kier alpha value is -0.900. The topological polar surface area (TPSA) is 49.5 Å². The van der Waals surface area contributed by atoms with Crippen molar-refractivity contribution >= 4 is 0 Å². The number of likely N-dealkylation sites (tertiary alicyclic amines) is 1. The van der Waals surface area contributed by atoms with E-state index in [1.807, 2.05) is 24.3 Å². The second-order valence-corrected chi connectivity index (χ2v) is 5.11. The third-order valence-electron chi connectivity index (χ3n) is 3.54. The summed E-state index contributed by atoms with van der Waals surface area (Å²) in [5, 5.41) is 10.2. The molecule has 3 N–H and O–H groups in total. The second kappa shape index (κ2) is 5.63. The molecule has 1 aromatic carbocycles. The zero-order valence-corrected chi connectivity index (χ0v) is 10.5. The molecule has 2 rings (SSSR count). The molecule has 0 spiro atoms. The van der Waals surface area contributed by atoms with Crippen molar-refractivity contribution in [3.05, 3.63) is 35.4 Å². The summed E-state index contributed by atoms with van der Waals surface area (Å²) >= 11 is 0. The Morgan fingerprint density at radius 3 is 2.65 bits per heavy atom.